The predicted molar refractivity (Wildman–Crippen MR) is 95.4 cm³/mol. The maximum absolute atomic E-state index is 4.79. The van der Waals surface area contributed by atoms with Gasteiger partial charge in [0, 0.05) is 23.2 Å². The zero-order valence-electron chi connectivity index (χ0n) is 13.6. The minimum absolute atomic E-state index is 0.464. The van der Waals surface area contributed by atoms with Gasteiger partial charge in [-0.05, 0) is 31.7 Å². The topological polar surface area (TPSA) is 67.1 Å². The van der Waals surface area contributed by atoms with Crippen molar-refractivity contribution < 1.29 is 0 Å². The molecule has 2 fully saturated rings. The van der Waals surface area contributed by atoms with E-state index in [0.29, 0.717) is 12.1 Å². The van der Waals surface area contributed by atoms with Crippen LogP contribution in [0.25, 0.3) is 16.3 Å². The molecule has 0 radical (unpaired) electrons. The van der Waals surface area contributed by atoms with Crippen molar-refractivity contribution in [3.8, 4) is 11.4 Å². The highest BCUT2D eigenvalue weighted by molar-refractivity contribution is 7.17. The molecule has 6 nitrogen and oxygen atoms in total. The van der Waals surface area contributed by atoms with Gasteiger partial charge in [0.25, 0.3) is 0 Å². The van der Waals surface area contributed by atoms with Gasteiger partial charge in [-0.2, -0.15) is 0 Å². The summed E-state index contributed by atoms with van der Waals surface area (Å²) in [6.45, 7) is 3.33. The van der Waals surface area contributed by atoms with E-state index in [-0.39, 0.29) is 0 Å². The molecule has 3 atom stereocenters. The Morgan fingerprint density at radius 1 is 1.33 bits per heavy atom. The summed E-state index contributed by atoms with van der Waals surface area (Å²) < 4.78 is 2.12. The third-order valence-corrected chi connectivity index (χ3v) is 6.31. The summed E-state index contributed by atoms with van der Waals surface area (Å²) in [5.74, 6) is 1.67. The number of imidazole rings is 1. The van der Waals surface area contributed by atoms with Crippen molar-refractivity contribution in [1.29, 1.82) is 0 Å². The number of hydrogen-bond donors (Lipinski definition) is 2. The van der Waals surface area contributed by atoms with Crippen molar-refractivity contribution in [1.82, 2.24) is 24.7 Å². The van der Waals surface area contributed by atoms with Crippen molar-refractivity contribution in [2.75, 3.05) is 11.9 Å². The van der Waals surface area contributed by atoms with E-state index < -0.39 is 0 Å². The fraction of sp³-hybridized carbons (Fsp3) is 0.471. The molecule has 0 unspecified atom stereocenters. The maximum atomic E-state index is 4.79. The number of nitrogens with zero attached hydrogens (tertiary/aromatic N) is 4. The van der Waals surface area contributed by atoms with Crippen LogP contribution < -0.4 is 10.6 Å². The van der Waals surface area contributed by atoms with E-state index in [4.69, 9.17) is 4.98 Å². The first-order chi connectivity index (χ1) is 11.8. The van der Waals surface area contributed by atoms with Crippen LogP contribution in [0.4, 0.5) is 5.82 Å². The van der Waals surface area contributed by atoms with E-state index in [1.54, 1.807) is 11.3 Å². The van der Waals surface area contributed by atoms with Crippen LogP contribution in [-0.2, 0) is 6.42 Å². The van der Waals surface area contributed by atoms with Crippen LogP contribution in [-0.4, -0.2) is 38.0 Å². The molecule has 1 saturated carbocycles. The number of thiazole rings is 1. The molecule has 2 bridgehead atoms. The number of nitrogens with one attached hydrogen (secondary N) is 2. The highest BCUT2D eigenvalue weighted by Gasteiger charge is 2.39. The van der Waals surface area contributed by atoms with E-state index in [0.717, 1.165) is 34.5 Å². The van der Waals surface area contributed by atoms with Gasteiger partial charge in [0.2, 0.25) is 0 Å². The van der Waals surface area contributed by atoms with E-state index in [1.165, 1.54) is 24.3 Å². The summed E-state index contributed by atoms with van der Waals surface area (Å²) in [4.78, 5) is 16.0. The number of rotatable bonds is 4. The van der Waals surface area contributed by atoms with Crippen molar-refractivity contribution in [2.45, 2.75) is 38.3 Å². The highest BCUT2D eigenvalue weighted by Crippen LogP contribution is 2.33. The van der Waals surface area contributed by atoms with E-state index in [1.807, 2.05) is 18.6 Å². The van der Waals surface area contributed by atoms with Crippen molar-refractivity contribution in [3.63, 3.8) is 0 Å². The molecule has 1 aliphatic heterocycles. The fourth-order valence-corrected chi connectivity index (χ4v) is 4.84. The van der Waals surface area contributed by atoms with Crippen LogP contribution in [0, 0.1) is 5.92 Å². The average molecular weight is 340 g/mol. The monoisotopic (exact) mass is 340 g/mol. The minimum Gasteiger partial charge on any atom is -0.364 e. The number of aryl methyl sites for hydroxylation is 1. The number of aromatic nitrogens is 4. The van der Waals surface area contributed by atoms with Gasteiger partial charge < -0.3 is 10.6 Å². The third kappa shape index (κ3) is 2.31. The lowest BCUT2D eigenvalue weighted by molar-refractivity contribution is 0.465. The van der Waals surface area contributed by atoms with E-state index in [2.05, 4.69) is 38.1 Å². The van der Waals surface area contributed by atoms with Crippen molar-refractivity contribution in [3.05, 3.63) is 29.7 Å². The molecule has 3 aromatic rings. The molecule has 0 aromatic carbocycles. The number of anilines is 1. The van der Waals surface area contributed by atoms with Crippen LogP contribution in [0.5, 0.6) is 0 Å². The fourth-order valence-electron chi connectivity index (χ4n) is 3.95. The molecule has 0 spiro atoms. The molecule has 5 rings (SSSR count). The minimum atomic E-state index is 0.464. The Hall–Kier alpha value is -1.99. The summed E-state index contributed by atoms with van der Waals surface area (Å²) in [6, 6.07) is 1.04. The molecule has 4 heterocycles. The Balaban J connectivity index is 1.44. The molecule has 3 aromatic heterocycles. The molecule has 2 aliphatic rings. The maximum Gasteiger partial charge on any atom is 0.194 e. The Bertz CT molecular complexity index is 884. The second-order valence-corrected chi connectivity index (χ2v) is 7.83. The summed E-state index contributed by atoms with van der Waals surface area (Å²) in [5.41, 5.74) is 1.87. The van der Waals surface area contributed by atoms with Crippen LogP contribution in [0.2, 0.25) is 0 Å². The van der Waals surface area contributed by atoms with Gasteiger partial charge in [-0.3, -0.25) is 9.38 Å². The van der Waals surface area contributed by atoms with Gasteiger partial charge in [0.15, 0.2) is 4.96 Å². The van der Waals surface area contributed by atoms with Gasteiger partial charge in [0.05, 0.1) is 24.3 Å². The second-order valence-electron chi connectivity index (χ2n) is 6.74. The number of piperidine rings is 1. The molecule has 1 aliphatic carbocycles. The number of fused-ring (bicyclic) bond motifs is 3. The Morgan fingerprint density at radius 2 is 2.29 bits per heavy atom. The molecule has 1 saturated heterocycles. The Morgan fingerprint density at radius 3 is 3.08 bits per heavy atom. The van der Waals surface area contributed by atoms with Crippen molar-refractivity contribution in [2.24, 2.45) is 5.92 Å². The summed E-state index contributed by atoms with van der Waals surface area (Å²) in [6.07, 6.45) is 11.2. The third-order valence-electron chi connectivity index (χ3n) is 5.17. The quantitative estimate of drug-likeness (QED) is 0.764. The zero-order chi connectivity index (χ0) is 16.1. The second kappa shape index (κ2) is 5.53. The molecule has 124 valence electrons. The molecule has 24 heavy (non-hydrogen) atoms. The normalized spacial score (nSPS) is 25.6. The van der Waals surface area contributed by atoms with Gasteiger partial charge in [-0.15, -0.1) is 11.3 Å². The summed E-state index contributed by atoms with van der Waals surface area (Å²) in [5, 5.41) is 7.15. The van der Waals surface area contributed by atoms with E-state index in [9.17, 15) is 0 Å². The molecular weight excluding hydrogens is 320 g/mol. The molecule has 0 amide bonds. The molecule has 7 heteroatoms. The smallest absolute Gasteiger partial charge is 0.194 e. The van der Waals surface area contributed by atoms with Gasteiger partial charge in [0.1, 0.15) is 11.5 Å². The standard InChI is InChI=1S/C17H20N6S/c1-2-11-9-23-15(7-20-17(23)24-11)14-6-18-8-16(22-14)21-13-4-10-3-12(13)19-5-10/h6-10,12-13,19H,2-5H2,1H3,(H,21,22)/t10-,12+,13+/m0/s1. The lowest BCUT2D eigenvalue weighted by Crippen LogP contribution is -2.41. The highest BCUT2D eigenvalue weighted by atomic mass is 32.1. The SMILES string of the molecule is CCc1cn2c(-c3cncc(N[C@@H]4C[C@H]5CN[C@@H]4C5)n3)cnc2s1. The lowest BCUT2D eigenvalue weighted by atomic mass is 10.1. The van der Waals surface area contributed by atoms with Crippen LogP contribution in [0.15, 0.2) is 24.8 Å². The van der Waals surface area contributed by atoms with E-state index >= 15 is 0 Å². The van der Waals surface area contributed by atoms with Crippen molar-refractivity contribution >= 4 is 22.1 Å². The number of hydrogen-bond acceptors (Lipinski definition) is 6. The zero-order valence-corrected chi connectivity index (χ0v) is 14.4. The van der Waals surface area contributed by atoms with Crippen LogP contribution >= 0.6 is 11.3 Å². The Kier molecular flexibility index (Phi) is 3.31. The van der Waals surface area contributed by atoms with Crippen LogP contribution in [0.1, 0.15) is 24.6 Å². The Labute approximate surface area is 144 Å². The average Bonchev–Trinajstić information content (AvgIpc) is 3.35. The summed E-state index contributed by atoms with van der Waals surface area (Å²) >= 11 is 1.73. The van der Waals surface area contributed by atoms with Gasteiger partial charge in [-0.1, -0.05) is 6.92 Å². The predicted octanol–water partition coefficient (Wildman–Crippen LogP) is 2.58. The van der Waals surface area contributed by atoms with Gasteiger partial charge >= 0.3 is 0 Å². The van der Waals surface area contributed by atoms with Crippen LogP contribution in [0.3, 0.4) is 0 Å². The van der Waals surface area contributed by atoms with Gasteiger partial charge in [-0.25, -0.2) is 9.97 Å². The first-order valence-corrected chi connectivity index (χ1v) is 9.40. The first kappa shape index (κ1) is 14.4. The first-order valence-electron chi connectivity index (χ1n) is 8.58. The summed E-state index contributed by atoms with van der Waals surface area (Å²) in [7, 11) is 0. The largest absolute Gasteiger partial charge is 0.364 e. The molecule has 2 N–H and O–H groups in total. The lowest BCUT2D eigenvalue weighted by Gasteiger charge is -2.24. The molecular formula is C17H20N6S.